The Hall–Kier alpha value is -5.34. The van der Waals surface area contributed by atoms with Gasteiger partial charge < -0.3 is 57.6 Å². The number of hydrogen-bond donors (Lipinski definition) is 2. The van der Waals surface area contributed by atoms with E-state index in [4.69, 9.17) is 47.4 Å². The molecule has 14 heteroatoms. The molecule has 0 saturated carbocycles. The van der Waals surface area contributed by atoms with E-state index in [1.165, 1.54) is 56.9 Å². The number of hydrogen-bond acceptors (Lipinski definition) is 14. The molecule has 4 atom stereocenters. The van der Waals surface area contributed by atoms with Crippen LogP contribution in [0.4, 0.5) is 0 Å². The van der Waals surface area contributed by atoms with Crippen molar-refractivity contribution in [2.75, 3.05) is 56.9 Å². The van der Waals surface area contributed by atoms with Crippen molar-refractivity contribution >= 4 is 33.5 Å². The molecular formula is C36H38O14. The number of carbonyl (C=O) groups is 2. The predicted molar refractivity (Wildman–Crippen MR) is 178 cm³/mol. The van der Waals surface area contributed by atoms with E-state index in [1.807, 2.05) is 0 Å². The third kappa shape index (κ3) is 5.26. The Kier molecular flexibility index (Phi) is 9.33. The lowest BCUT2D eigenvalue weighted by Gasteiger charge is -2.25. The number of cyclic esters (lactones) is 2. The lowest BCUT2D eigenvalue weighted by Crippen LogP contribution is -2.14. The summed E-state index contributed by atoms with van der Waals surface area (Å²) in [6.45, 7) is 0. The Morgan fingerprint density at radius 1 is 0.480 bits per heavy atom. The van der Waals surface area contributed by atoms with Gasteiger partial charge in [0.2, 0.25) is 0 Å². The van der Waals surface area contributed by atoms with Gasteiger partial charge >= 0.3 is 11.9 Å². The lowest BCUT2D eigenvalue weighted by molar-refractivity contribution is -0.143. The monoisotopic (exact) mass is 694 g/mol. The zero-order valence-electron chi connectivity index (χ0n) is 28.8. The average molecular weight is 695 g/mol. The van der Waals surface area contributed by atoms with Crippen molar-refractivity contribution in [3.63, 3.8) is 0 Å². The van der Waals surface area contributed by atoms with Crippen LogP contribution in [0.5, 0.6) is 46.0 Å². The highest BCUT2D eigenvalue weighted by Crippen LogP contribution is 2.57. The Bertz CT molecular complexity index is 1860. The van der Waals surface area contributed by atoms with E-state index in [0.717, 1.165) is 0 Å². The Morgan fingerprint density at radius 2 is 0.780 bits per heavy atom. The molecular weight excluding hydrogens is 656 g/mol. The van der Waals surface area contributed by atoms with Gasteiger partial charge in [0.25, 0.3) is 0 Å². The van der Waals surface area contributed by atoms with Crippen LogP contribution in [0, 0.1) is 0 Å². The molecule has 2 fully saturated rings. The van der Waals surface area contributed by atoms with Gasteiger partial charge in [0.1, 0.15) is 58.2 Å². The molecule has 2 aliphatic rings. The number of carbonyl (C=O) groups excluding carboxylic acids is 2. The summed E-state index contributed by atoms with van der Waals surface area (Å²) >= 11 is 0. The van der Waals surface area contributed by atoms with Gasteiger partial charge in [-0.25, -0.2) is 0 Å². The van der Waals surface area contributed by atoms with Gasteiger partial charge in [-0.05, 0) is 24.3 Å². The molecule has 50 heavy (non-hydrogen) atoms. The highest BCUT2D eigenvalue weighted by atomic mass is 16.6. The average Bonchev–Trinajstić information content (AvgIpc) is 3.65. The molecule has 266 valence electrons. The number of benzene rings is 4. The molecule has 0 bridgehead atoms. The van der Waals surface area contributed by atoms with Gasteiger partial charge in [0.15, 0.2) is 12.2 Å². The second kappa shape index (κ2) is 13.5. The Balaban J connectivity index is 1.71. The lowest BCUT2D eigenvalue weighted by atomic mass is 9.90. The Morgan fingerprint density at radius 3 is 1.04 bits per heavy atom. The van der Waals surface area contributed by atoms with Crippen LogP contribution in [-0.4, -0.2) is 91.2 Å². The second-order valence-corrected chi connectivity index (χ2v) is 11.6. The first kappa shape index (κ1) is 34.5. The number of fused-ring (bicyclic) bond motifs is 2. The van der Waals surface area contributed by atoms with Crippen LogP contribution in [0.1, 0.15) is 36.2 Å². The molecule has 0 unspecified atom stereocenters. The summed E-state index contributed by atoms with van der Waals surface area (Å²) in [5, 5.41) is 23.2. The third-order valence-corrected chi connectivity index (χ3v) is 9.10. The number of aliphatic hydroxyl groups is 2. The minimum atomic E-state index is -1.10. The predicted octanol–water partition coefficient (Wildman–Crippen LogP) is 4.43. The van der Waals surface area contributed by atoms with Crippen molar-refractivity contribution in [1.29, 1.82) is 0 Å². The first-order valence-corrected chi connectivity index (χ1v) is 15.5. The van der Waals surface area contributed by atoms with E-state index < -0.39 is 36.4 Å². The zero-order valence-corrected chi connectivity index (χ0v) is 28.8. The maximum Gasteiger partial charge on any atom is 0.309 e. The summed E-state index contributed by atoms with van der Waals surface area (Å²) in [4.78, 5) is 24.2. The fourth-order valence-electron chi connectivity index (χ4n) is 7.01. The molecule has 2 N–H and O–H groups in total. The number of rotatable bonds is 11. The van der Waals surface area contributed by atoms with Gasteiger partial charge in [0, 0.05) is 22.3 Å². The molecule has 6 rings (SSSR count). The zero-order chi connectivity index (χ0) is 36.0. The summed E-state index contributed by atoms with van der Waals surface area (Å²) < 4.78 is 58.6. The highest BCUT2D eigenvalue weighted by molar-refractivity contribution is 6.11. The normalized spacial score (nSPS) is 20.0. The fraction of sp³-hybridized carbons (Fsp3) is 0.389. The smallest absolute Gasteiger partial charge is 0.309 e. The van der Waals surface area contributed by atoms with Crippen molar-refractivity contribution in [2.45, 2.75) is 37.3 Å². The fourth-order valence-corrected chi connectivity index (χ4v) is 7.01. The summed E-state index contributed by atoms with van der Waals surface area (Å²) in [5.74, 6) is 1.50. The number of methoxy groups -OCH3 is 8. The van der Waals surface area contributed by atoms with Crippen LogP contribution in [0.3, 0.4) is 0 Å². The number of esters is 2. The van der Waals surface area contributed by atoms with E-state index in [9.17, 15) is 19.8 Å². The van der Waals surface area contributed by atoms with Gasteiger partial charge in [-0.15, -0.1) is 0 Å². The van der Waals surface area contributed by atoms with Crippen molar-refractivity contribution in [2.24, 2.45) is 0 Å². The molecule has 2 heterocycles. The van der Waals surface area contributed by atoms with E-state index in [0.29, 0.717) is 78.3 Å². The molecule has 0 amide bonds. The quantitative estimate of drug-likeness (QED) is 0.212. The van der Waals surface area contributed by atoms with Gasteiger partial charge in [-0.3, -0.25) is 9.59 Å². The molecule has 4 aromatic carbocycles. The minimum Gasteiger partial charge on any atom is -0.496 e. The molecule has 0 aliphatic carbocycles. The molecule has 2 aliphatic heterocycles. The van der Waals surface area contributed by atoms with Crippen LogP contribution >= 0.6 is 0 Å². The molecule has 0 aromatic heterocycles. The topological polar surface area (TPSA) is 167 Å². The van der Waals surface area contributed by atoms with Crippen LogP contribution in [0.2, 0.25) is 0 Å². The van der Waals surface area contributed by atoms with E-state index in [1.54, 1.807) is 24.3 Å². The summed E-state index contributed by atoms with van der Waals surface area (Å²) in [5.41, 5.74) is 1.78. The van der Waals surface area contributed by atoms with E-state index >= 15 is 0 Å². The SMILES string of the molecule is COc1cc([C@H]2OC(=O)C[C@H]2O)c(OC)c2c(OC)cc(-c3cc(OC)c4c(OC)c([C@H]5OC(=O)C[C@H]5O)cc(OC)c4c3OC)c(OC)c12. The van der Waals surface area contributed by atoms with Crippen LogP contribution < -0.4 is 37.9 Å². The molecule has 4 aromatic rings. The third-order valence-electron chi connectivity index (χ3n) is 9.10. The van der Waals surface area contributed by atoms with E-state index in [-0.39, 0.29) is 24.3 Å². The van der Waals surface area contributed by atoms with Gasteiger partial charge in [-0.1, -0.05) is 0 Å². The Labute approximate surface area is 287 Å². The van der Waals surface area contributed by atoms with Crippen molar-refractivity contribution < 1.29 is 67.2 Å². The van der Waals surface area contributed by atoms with Gasteiger partial charge in [0.05, 0.1) is 91.3 Å². The van der Waals surface area contributed by atoms with Gasteiger partial charge in [-0.2, -0.15) is 0 Å². The number of aliphatic hydroxyl groups excluding tert-OH is 2. The standard InChI is InChI=1S/C36H38O14/c1-41-21-9-15(33(45-5)27-23(43-3)11-17(35(47-7)29(21)27)31-19(37)13-25(39)49-31)16-10-22(42-2)30-28(34(16)46-6)24(44-4)12-18(36(30)48-8)32-20(38)14-26(40)50-32/h9-12,19-20,31-32,37-38H,13-14H2,1-8H3/t19-,20-,31-,32-/m1/s1. The molecule has 0 radical (unpaired) electrons. The maximum atomic E-state index is 12.1. The van der Waals surface area contributed by atoms with Crippen molar-refractivity contribution in [1.82, 2.24) is 0 Å². The van der Waals surface area contributed by atoms with Crippen LogP contribution in [0.25, 0.3) is 32.7 Å². The van der Waals surface area contributed by atoms with E-state index in [2.05, 4.69) is 0 Å². The molecule has 0 spiro atoms. The molecule has 2 saturated heterocycles. The maximum absolute atomic E-state index is 12.1. The first-order chi connectivity index (χ1) is 24.1. The van der Waals surface area contributed by atoms with Crippen LogP contribution in [0.15, 0.2) is 24.3 Å². The number of ether oxygens (including phenoxy) is 10. The largest absolute Gasteiger partial charge is 0.496 e. The van der Waals surface area contributed by atoms with Crippen LogP contribution in [-0.2, 0) is 19.1 Å². The summed E-state index contributed by atoms with van der Waals surface area (Å²) in [7, 11) is 11.9. The van der Waals surface area contributed by atoms with Crippen molar-refractivity contribution in [3.8, 4) is 57.1 Å². The highest BCUT2D eigenvalue weighted by Gasteiger charge is 2.40. The minimum absolute atomic E-state index is 0.167. The first-order valence-electron chi connectivity index (χ1n) is 15.5. The summed E-state index contributed by atoms with van der Waals surface area (Å²) in [6.07, 6.45) is -4.54. The second-order valence-electron chi connectivity index (χ2n) is 11.6. The summed E-state index contributed by atoms with van der Waals surface area (Å²) in [6, 6.07) is 6.74. The van der Waals surface area contributed by atoms with Crippen molar-refractivity contribution in [3.05, 3.63) is 35.4 Å². The molecule has 14 nitrogen and oxygen atoms in total.